The molecule has 0 saturated heterocycles. The van der Waals surface area contributed by atoms with Gasteiger partial charge < -0.3 is 5.32 Å². The number of rotatable bonds is 1. The van der Waals surface area contributed by atoms with Gasteiger partial charge in [0, 0.05) is 16.7 Å². The van der Waals surface area contributed by atoms with E-state index in [9.17, 15) is 4.21 Å². The van der Waals surface area contributed by atoms with Crippen molar-refractivity contribution in [1.29, 1.82) is 0 Å². The molecule has 1 aliphatic rings. The third-order valence-corrected chi connectivity index (χ3v) is 4.64. The lowest BCUT2D eigenvalue weighted by Crippen LogP contribution is -2.25. The van der Waals surface area contributed by atoms with Crippen molar-refractivity contribution in [3.63, 3.8) is 0 Å². The number of hydrogen-bond donors (Lipinski definition) is 1. The van der Waals surface area contributed by atoms with Crippen LogP contribution in [0, 0.1) is 13.8 Å². The average Bonchev–Trinajstić information content (AvgIpc) is 2.22. The molecule has 3 heteroatoms. The lowest BCUT2D eigenvalue weighted by Gasteiger charge is -2.25. The molecule has 0 amide bonds. The zero-order chi connectivity index (χ0) is 11.0. The number of fused-ring (bicyclic) bond motifs is 1. The molecule has 1 aromatic carbocycles. The minimum atomic E-state index is -0.796. The first-order valence-electron chi connectivity index (χ1n) is 5.30. The number of nitrogens with one attached hydrogen (secondary N) is 1. The van der Waals surface area contributed by atoms with Crippen LogP contribution >= 0.6 is 0 Å². The molecule has 2 atom stereocenters. The fourth-order valence-corrected chi connectivity index (χ4v) is 3.51. The van der Waals surface area contributed by atoms with Crippen molar-refractivity contribution in [2.45, 2.75) is 31.2 Å². The van der Waals surface area contributed by atoms with Crippen molar-refractivity contribution in [3.05, 3.63) is 28.8 Å². The van der Waals surface area contributed by atoms with Crippen molar-refractivity contribution < 1.29 is 4.21 Å². The maximum atomic E-state index is 11.9. The Labute approximate surface area is 93.5 Å². The number of benzene rings is 1. The normalized spacial score (nSPS) is 25.0. The zero-order valence-electron chi connectivity index (χ0n) is 9.46. The van der Waals surface area contributed by atoms with Crippen LogP contribution in [-0.2, 0) is 10.8 Å². The highest BCUT2D eigenvalue weighted by Crippen LogP contribution is 2.31. The van der Waals surface area contributed by atoms with Gasteiger partial charge in [0.1, 0.15) is 0 Å². The molecule has 0 saturated carbocycles. The molecule has 0 fully saturated rings. The van der Waals surface area contributed by atoms with Crippen molar-refractivity contribution in [3.8, 4) is 0 Å². The summed E-state index contributed by atoms with van der Waals surface area (Å²) in [6.45, 7) is 4.19. The van der Waals surface area contributed by atoms with E-state index in [0.29, 0.717) is 6.04 Å². The van der Waals surface area contributed by atoms with Gasteiger partial charge in [-0.1, -0.05) is 6.07 Å². The molecular formula is C12H17NOS. The fourth-order valence-electron chi connectivity index (χ4n) is 2.07. The van der Waals surface area contributed by atoms with Crippen molar-refractivity contribution in [1.82, 2.24) is 5.32 Å². The predicted octanol–water partition coefficient (Wildman–Crippen LogP) is 2.08. The Morgan fingerprint density at radius 2 is 2.00 bits per heavy atom. The third-order valence-electron chi connectivity index (χ3n) is 3.19. The van der Waals surface area contributed by atoms with Crippen LogP contribution in [0.5, 0.6) is 0 Å². The van der Waals surface area contributed by atoms with Crippen molar-refractivity contribution >= 4 is 10.8 Å². The van der Waals surface area contributed by atoms with Crippen LogP contribution in [0.3, 0.4) is 0 Å². The minimum absolute atomic E-state index is 0.372. The van der Waals surface area contributed by atoms with Crippen molar-refractivity contribution in [2.24, 2.45) is 0 Å². The molecule has 1 heterocycles. The lowest BCUT2D eigenvalue weighted by atomic mass is 9.99. The molecule has 0 spiro atoms. The van der Waals surface area contributed by atoms with Crippen LogP contribution in [0.2, 0.25) is 0 Å². The summed E-state index contributed by atoms with van der Waals surface area (Å²) in [6.07, 6.45) is 0.971. The second kappa shape index (κ2) is 4.06. The Hall–Kier alpha value is -0.670. The van der Waals surface area contributed by atoms with E-state index in [1.165, 1.54) is 16.7 Å². The second-order valence-corrected chi connectivity index (χ2v) is 5.69. The molecule has 1 aromatic rings. The molecule has 82 valence electrons. The van der Waals surface area contributed by atoms with E-state index >= 15 is 0 Å². The highest BCUT2D eigenvalue weighted by Gasteiger charge is 2.24. The summed E-state index contributed by atoms with van der Waals surface area (Å²) >= 11 is 0. The van der Waals surface area contributed by atoms with Gasteiger partial charge in [0.05, 0.1) is 10.8 Å². The van der Waals surface area contributed by atoms with Gasteiger partial charge in [-0.2, -0.15) is 0 Å². The Morgan fingerprint density at radius 1 is 1.33 bits per heavy atom. The maximum Gasteiger partial charge on any atom is 0.0533 e. The van der Waals surface area contributed by atoms with Gasteiger partial charge >= 0.3 is 0 Å². The minimum Gasteiger partial charge on any atom is -0.313 e. The van der Waals surface area contributed by atoms with Crippen LogP contribution in [-0.4, -0.2) is 17.0 Å². The largest absolute Gasteiger partial charge is 0.313 e. The Morgan fingerprint density at radius 3 is 2.67 bits per heavy atom. The van der Waals surface area contributed by atoms with Gasteiger partial charge in [0.25, 0.3) is 0 Å². The molecule has 2 nitrogen and oxygen atoms in total. The summed E-state index contributed by atoms with van der Waals surface area (Å²) in [5, 5.41) is 3.29. The third kappa shape index (κ3) is 1.86. The summed E-state index contributed by atoms with van der Waals surface area (Å²) in [5.41, 5.74) is 3.75. The highest BCUT2D eigenvalue weighted by atomic mass is 32.2. The molecule has 15 heavy (non-hydrogen) atoms. The molecule has 0 aromatic heterocycles. The van der Waals surface area contributed by atoms with E-state index in [0.717, 1.165) is 17.1 Å². The van der Waals surface area contributed by atoms with Gasteiger partial charge in [0.2, 0.25) is 0 Å². The van der Waals surface area contributed by atoms with Gasteiger partial charge in [-0.25, -0.2) is 0 Å². The van der Waals surface area contributed by atoms with E-state index in [2.05, 4.69) is 31.3 Å². The molecule has 0 bridgehead atoms. The molecule has 1 aliphatic heterocycles. The van der Waals surface area contributed by atoms with Crippen LogP contribution < -0.4 is 5.32 Å². The van der Waals surface area contributed by atoms with Gasteiger partial charge in [-0.3, -0.25) is 4.21 Å². The topological polar surface area (TPSA) is 29.1 Å². The quantitative estimate of drug-likeness (QED) is 0.789. The Kier molecular flexibility index (Phi) is 2.94. The molecular weight excluding hydrogens is 206 g/mol. The lowest BCUT2D eigenvalue weighted by molar-refractivity contribution is 0.553. The maximum absolute atomic E-state index is 11.9. The van der Waals surface area contributed by atoms with Crippen LogP contribution in [0.4, 0.5) is 0 Å². The summed E-state index contributed by atoms with van der Waals surface area (Å²) in [7, 11) is 1.17. The van der Waals surface area contributed by atoms with E-state index in [1.807, 2.05) is 7.05 Å². The molecule has 2 unspecified atom stereocenters. The van der Waals surface area contributed by atoms with Crippen LogP contribution in [0.1, 0.15) is 29.2 Å². The summed E-state index contributed by atoms with van der Waals surface area (Å²) in [6, 6.07) is 4.64. The second-order valence-electron chi connectivity index (χ2n) is 4.15. The van der Waals surface area contributed by atoms with E-state index in [-0.39, 0.29) is 0 Å². The molecule has 0 aliphatic carbocycles. The summed E-state index contributed by atoms with van der Waals surface area (Å²) in [5.74, 6) is 0.779. The number of aryl methyl sites for hydroxylation is 2. The zero-order valence-corrected chi connectivity index (χ0v) is 10.3. The van der Waals surface area contributed by atoms with E-state index < -0.39 is 10.8 Å². The fraction of sp³-hybridized carbons (Fsp3) is 0.500. The van der Waals surface area contributed by atoms with Gasteiger partial charge in [-0.15, -0.1) is 0 Å². The van der Waals surface area contributed by atoms with E-state index in [4.69, 9.17) is 0 Å². The first-order valence-corrected chi connectivity index (χ1v) is 6.62. The highest BCUT2D eigenvalue weighted by molar-refractivity contribution is 7.85. The standard InChI is InChI=1S/C12H17NOS/c1-8-6-10-11(13-3)4-5-15(14)12(10)7-9(8)2/h6-7,11,13H,4-5H2,1-3H3. The predicted molar refractivity (Wildman–Crippen MR) is 63.6 cm³/mol. The molecule has 1 N–H and O–H groups in total. The molecule has 0 radical (unpaired) electrons. The van der Waals surface area contributed by atoms with Crippen molar-refractivity contribution in [2.75, 3.05) is 12.8 Å². The molecule has 2 rings (SSSR count). The van der Waals surface area contributed by atoms with Crippen LogP contribution in [0.15, 0.2) is 17.0 Å². The monoisotopic (exact) mass is 223 g/mol. The van der Waals surface area contributed by atoms with Gasteiger partial charge in [0.15, 0.2) is 0 Å². The summed E-state index contributed by atoms with van der Waals surface area (Å²) in [4.78, 5) is 1.03. The Bertz CT molecular complexity index is 414. The number of hydrogen-bond acceptors (Lipinski definition) is 2. The Balaban J connectivity index is 2.57. The summed E-state index contributed by atoms with van der Waals surface area (Å²) < 4.78 is 11.9. The smallest absolute Gasteiger partial charge is 0.0533 e. The average molecular weight is 223 g/mol. The first kappa shape index (κ1) is 10.8. The van der Waals surface area contributed by atoms with Crippen LogP contribution in [0.25, 0.3) is 0 Å². The SMILES string of the molecule is CNC1CCS(=O)c2cc(C)c(C)cc21. The van der Waals surface area contributed by atoms with E-state index in [1.54, 1.807) is 0 Å². The van der Waals surface area contributed by atoms with Gasteiger partial charge in [-0.05, 0) is 50.1 Å². The first-order chi connectivity index (χ1) is 7.13.